The topological polar surface area (TPSA) is 58.6 Å². The second-order valence-corrected chi connectivity index (χ2v) is 3.11. The number of ether oxygens (including phenoxy) is 1. The Labute approximate surface area is 71.9 Å². The summed E-state index contributed by atoms with van der Waals surface area (Å²) in [5.74, 6) is -0.228. The van der Waals surface area contributed by atoms with E-state index in [1.165, 1.54) is 0 Å². The van der Waals surface area contributed by atoms with Gasteiger partial charge in [-0.15, -0.1) is 0 Å². The van der Waals surface area contributed by atoms with E-state index in [1.54, 1.807) is 6.92 Å². The Morgan fingerprint density at radius 2 is 2.42 bits per heavy atom. The second kappa shape index (κ2) is 3.87. The summed E-state index contributed by atoms with van der Waals surface area (Å²) in [5, 5.41) is 12.4. The highest BCUT2D eigenvalue weighted by Crippen LogP contribution is 2.14. The van der Waals surface area contributed by atoms with Gasteiger partial charge in [-0.1, -0.05) is 6.92 Å². The van der Waals surface area contributed by atoms with Crippen molar-refractivity contribution in [3.63, 3.8) is 0 Å². The van der Waals surface area contributed by atoms with Gasteiger partial charge < -0.3 is 15.2 Å². The van der Waals surface area contributed by atoms with Crippen LogP contribution in [0.4, 0.5) is 0 Å². The SMILES string of the molecule is CCOC(=O)[C@@H]1NC[C@H](C)[C@H]1O. The molecule has 1 heterocycles. The van der Waals surface area contributed by atoms with Crippen LogP contribution in [0.2, 0.25) is 0 Å². The van der Waals surface area contributed by atoms with E-state index in [0.717, 1.165) is 0 Å². The summed E-state index contributed by atoms with van der Waals surface area (Å²) in [5.41, 5.74) is 0. The predicted molar refractivity (Wildman–Crippen MR) is 43.6 cm³/mol. The predicted octanol–water partition coefficient (Wildman–Crippen LogP) is -0.482. The maximum atomic E-state index is 11.2. The maximum Gasteiger partial charge on any atom is 0.325 e. The second-order valence-electron chi connectivity index (χ2n) is 3.11. The van der Waals surface area contributed by atoms with Gasteiger partial charge >= 0.3 is 5.97 Å². The van der Waals surface area contributed by atoms with Gasteiger partial charge in [-0.25, -0.2) is 0 Å². The molecule has 70 valence electrons. The Bertz CT molecular complexity index is 172. The molecule has 4 nitrogen and oxygen atoms in total. The van der Waals surface area contributed by atoms with E-state index in [0.29, 0.717) is 13.2 Å². The molecule has 0 unspecified atom stereocenters. The number of aliphatic hydroxyl groups is 1. The number of rotatable bonds is 2. The van der Waals surface area contributed by atoms with Crippen molar-refractivity contribution < 1.29 is 14.6 Å². The van der Waals surface area contributed by atoms with Crippen LogP contribution in [0, 0.1) is 5.92 Å². The Kier molecular flexibility index (Phi) is 3.05. The average Bonchev–Trinajstić information content (AvgIpc) is 2.34. The molecular formula is C8H15NO3. The van der Waals surface area contributed by atoms with Gasteiger partial charge in [0, 0.05) is 6.54 Å². The average molecular weight is 173 g/mol. The van der Waals surface area contributed by atoms with Crippen molar-refractivity contribution in [2.45, 2.75) is 26.0 Å². The van der Waals surface area contributed by atoms with Gasteiger partial charge in [0.15, 0.2) is 0 Å². The lowest BCUT2D eigenvalue weighted by Crippen LogP contribution is -2.40. The summed E-state index contributed by atoms with van der Waals surface area (Å²) in [6.45, 7) is 4.68. The smallest absolute Gasteiger partial charge is 0.325 e. The van der Waals surface area contributed by atoms with Gasteiger partial charge in [-0.3, -0.25) is 4.79 Å². The number of aliphatic hydroxyl groups excluding tert-OH is 1. The van der Waals surface area contributed by atoms with Gasteiger partial charge in [0.1, 0.15) is 6.04 Å². The van der Waals surface area contributed by atoms with Crippen LogP contribution < -0.4 is 5.32 Å². The first-order valence-corrected chi connectivity index (χ1v) is 4.25. The number of hydrogen-bond donors (Lipinski definition) is 2. The Hall–Kier alpha value is -0.610. The highest BCUT2D eigenvalue weighted by molar-refractivity contribution is 5.77. The third-order valence-electron chi connectivity index (χ3n) is 2.12. The van der Waals surface area contributed by atoms with Crippen LogP contribution in [0.1, 0.15) is 13.8 Å². The largest absolute Gasteiger partial charge is 0.465 e. The molecule has 3 atom stereocenters. The minimum absolute atomic E-state index is 0.124. The van der Waals surface area contributed by atoms with E-state index in [-0.39, 0.29) is 11.9 Å². The molecule has 1 fully saturated rings. The molecule has 0 aliphatic carbocycles. The lowest BCUT2D eigenvalue weighted by atomic mass is 10.0. The first kappa shape index (κ1) is 9.48. The van der Waals surface area contributed by atoms with Crippen molar-refractivity contribution >= 4 is 5.97 Å². The Balaban J connectivity index is 2.47. The standard InChI is InChI=1S/C8H15NO3/c1-3-12-8(11)6-7(10)5(2)4-9-6/h5-7,9-10H,3-4H2,1-2H3/t5-,6+,7+/m0/s1. The molecule has 12 heavy (non-hydrogen) atoms. The van der Waals surface area contributed by atoms with Crippen molar-refractivity contribution in [1.82, 2.24) is 5.32 Å². The van der Waals surface area contributed by atoms with Gasteiger partial charge in [0.05, 0.1) is 12.7 Å². The molecule has 0 spiro atoms. The molecule has 4 heteroatoms. The normalized spacial score (nSPS) is 35.1. The molecule has 1 aliphatic rings. The monoisotopic (exact) mass is 173 g/mol. The molecule has 0 bridgehead atoms. The molecule has 0 aromatic rings. The maximum absolute atomic E-state index is 11.2. The molecule has 1 aliphatic heterocycles. The fraction of sp³-hybridized carbons (Fsp3) is 0.875. The number of nitrogens with one attached hydrogen (secondary N) is 1. The highest BCUT2D eigenvalue weighted by atomic mass is 16.5. The molecule has 0 radical (unpaired) electrons. The minimum Gasteiger partial charge on any atom is -0.465 e. The van der Waals surface area contributed by atoms with E-state index in [9.17, 15) is 9.90 Å². The van der Waals surface area contributed by atoms with Gasteiger partial charge in [0.25, 0.3) is 0 Å². The van der Waals surface area contributed by atoms with Crippen LogP contribution in [0.5, 0.6) is 0 Å². The zero-order valence-electron chi connectivity index (χ0n) is 7.41. The Morgan fingerprint density at radius 1 is 1.75 bits per heavy atom. The van der Waals surface area contributed by atoms with E-state index in [2.05, 4.69) is 5.32 Å². The molecule has 0 saturated carbocycles. The van der Waals surface area contributed by atoms with E-state index in [4.69, 9.17) is 4.74 Å². The quantitative estimate of drug-likeness (QED) is 0.554. The van der Waals surface area contributed by atoms with Crippen LogP contribution in [0.25, 0.3) is 0 Å². The lowest BCUT2D eigenvalue weighted by Gasteiger charge is -2.14. The van der Waals surface area contributed by atoms with Crippen molar-refractivity contribution in [2.24, 2.45) is 5.92 Å². The molecule has 1 rings (SSSR count). The van der Waals surface area contributed by atoms with Crippen LogP contribution in [0.15, 0.2) is 0 Å². The number of carbonyl (C=O) groups excluding carboxylic acids is 1. The summed E-state index contributed by atoms with van der Waals surface area (Å²) in [6, 6.07) is -0.528. The zero-order chi connectivity index (χ0) is 9.14. The first-order valence-electron chi connectivity index (χ1n) is 4.25. The fourth-order valence-corrected chi connectivity index (χ4v) is 1.34. The van der Waals surface area contributed by atoms with Gasteiger partial charge in [-0.2, -0.15) is 0 Å². The minimum atomic E-state index is -0.607. The van der Waals surface area contributed by atoms with Crippen LogP contribution in [-0.4, -0.2) is 36.4 Å². The molecule has 0 aromatic carbocycles. The summed E-state index contributed by atoms with van der Waals surface area (Å²) < 4.78 is 4.78. The van der Waals surface area contributed by atoms with Crippen molar-refractivity contribution in [1.29, 1.82) is 0 Å². The Morgan fingerprint density at radius 3 is 2.83 bits per heavy atom. The molecule has 2 N–H and O–H groups in total. The first-order chi connectivity index (χ1) is 5.66. The number of carbonyl (C=O) groups is 1. The number of esters is 1. The molecule has 0 aromatic heterocycles. The molecule has 0 amide bonds. The molecular weight excluding hydrogens is 158 g/mol. The summed E-state index contributed by atoms with van der Waals surface area (Å²) >= 11 is 0. The van der Waals surface area contributed by atoms with Crippen molar-refractivity contribution in [2.75, 3.05) is 13.2 Å². The van der Waals surface area contributed by atoms with Gasteiger partial charge in [0.2, 0.25) is 0 Å². The van der Waals surface area contributed by atoms with E-state index >= 15 is 0 Å². The fourth-order valence-electron chi connectivity index (χ4n) is 1.34. The van der Waals surface area contributed by atoms with Crippen LogP contribution >= 0.6 is 0 Å². The zero-order valence-corrected chi connectivity index (χ0v) is 7.41. The van der Waals surface area contributed by atoms with E-state index in [1.807, 2.05) is 6.92 Å². The summed E-state index contributed by atoms with van der Waals surface area (Å²) in [4.78, 5) is 11.2. The lowest BCUT2D eigenvalue weighted by molar-refractivity contribution is -0.147. The van der Waals surface area contributed by atoms with Crippen molar-refractivity contribution in [3.8, 4) is 0 Å². The third kappa shape index (κ3) is 1.76. The van der Waals surface area contributed by atoms with Gasteiger partial charge in [-0.05, 0) is 12.8 Å². The number of hydrogen-bond acceptors (Lipinski definition) is 4. The van der Waals surface area contributed by atoms with Crippen LogP contribution in [0.3, 0.4) is 0 Å². The van der Waals surface area contributed by atoms with Crippen molar-refractivity contribution in [3.05, 3.63) is 0 Å². The third-order valence-corrected chi connectivity index (χ3v) is 2.12. The van der Waals surface area contributed by atoms with Crippen LogP contribution in [-0.2, 0) is 9.53 Å². The molecule has 1 saturated heterocycles. The highest BCUT2D eigenvalue weighted by Gasteiger charge is 2.37. The summed E-state index contributed by atoms with van der Waals surface area (Å²) in [7, 11) is 0. The van der Waals surface area contributed by atoms with E-state index < -0.39 is 12.1 Å². The summed E-state index contributed by atoms with van der Waals surface area (Å²) in [6.07, 6.45) is -0.607.